The molecule has 2 heterocycles. The van der Waals surface area contributed by atoms with Crippen molar-refractivity contribution in [1.29, 1.82) is 0 Å². The van der Waals surface area contributed by atoms with Gasteiger partial charge in [-0.05, 0) is 55.3 Å². The normalized spacial score (nSPS) is 12.8. The van der Waals surface area contributed by atoms with Crippen molar-refractivity contribution in [2.24, 2.45) is 0 Å². The molecule has 1 fully saturated rings. The summed E-state index contributed by atoms with van der Waals surface area (Å²) < 4.78 is 34.0. The molecule has 0 spiro atoms. The molecule has 0 unspecified atom stereocenters. The Morgan fingerprint density at radius 3 is 2.32 bits per heavy atom. The van der Waals surface area contributed by atoms with Crippen molar-refractivity contribution in [3.8, 4) is 5.88 Å². The zero-order valence-corrected chi connectivity index (χ0v) is 27.4. The van der Waals surface area contributed by atoms with E-state index >= 15 is 0 Å². The first kappa shape index (κ1) is 36.5. The fourth-order valence-electron chi connectivity index (χ4n) is 4.66. The average Bonchev–Trinajstić information content (AvgIpc) is 3.03. The van der Waals surface area contributed by atoms with Crippen LogP contribution >= 0.6 is 11.6 Å². The number of hydrogen-bond donors (Lipinski definition) is 1. The van der Waals surface area contributed by atoms with Crippen LogP contribution in [0.3, 0.4) is 0 Å². The standard InChI is InChI=1S/C30H33ClF2N4O3.2C2H6/c1-4-11-37(27-16-22(30(38)39)6-5-20(27)2)21(3)18-35-12-14-36(15-13-35)28-10-9-25(32)29(34-28)40-19-23-7-8-24(31)17-26(23)33;2*1-2/h5-10,16-17H,3-4,11-15,18-19H2,1-2H3,(H,38,39);2*1-2H3. The third-order valence-electron chi connectivity index (χ3n) is 6.86. The molecule has 0 amide bonds. The van der Waals surface area contributed by atoms with Gasteiger partial charge < -0.3 is 19.6 Å². The Hall–Kier alpha value is -3.69. The van der Waals surface area contributed by atoms with Gasteiger partial charge in [-0.1, -0.05) is 64.9 Å². The minimum atomic E-state index is -0.959. The Labute approximate surface area is 265 Å². The SMILES string of the molecule is C=C(CN1CCN(c2ccc(F)c(OCc3ccc(Cl)cc3F)n2)CC1)N(CCC)c1cc(C(=O)O)ccc1C.CC.CC. The van der Waals surface area contributed by atoms with Gasteiger partial charge >= 0.3 is 5.97 Å². The van der Waals surface area contributed by atoms with Crippen LogP contribution in [0.5, 0.6) is 5.88 Å². The monoisotopic (exact) mass is 630 g/mol. The average molecular weight is 631 g/mol. The topological polar surface area (TPSA) is 69.1 Å². The molecule has 0 radical (unpaired) electrons. The number of rotatable bonds is 11. The minimum Gasteiger partial charge on any atom is -0.478 e. The fraction of sp³-hybridized carbons (Fsp3) is 0.412. The first-order valence-corrected chi connectivity index (χ1v) is 15.5. The number of hydrogen-bond acceptors (Lipinski definition) is 6. The molecule has 1 saturated heterocycles. The molecular weight excluding hydrogens is 586 g/mol. The van der Waals surface area contributed by atoms with E-state index in [9.17, 15) is 18.7 Å². The van der Waals surface area contributed by atoms with Crippen LogP contribution in [0.25, 0.3) is 0 Å². The maximum atomic E-state index is 14.4. The van der Waals surface area contributed by atoms with E-state index in [4.69, 9.17) is 16.3 Å². The Bertz CT molecular complexity index is 1380. The van der Waals surface area contributed by atoms with E-state index in [1.165, 1.54) is 18.2 Å². The van der Waals surface area contributed by atoms with Gasteiger partial charge in [0.25, 0.3) is 5.88 Å². The first-order valence-electron chi connectivity index (χ1n) is 15.2. The maximum Gasteiger partial charge on any atom is 0.335 e. The number of aromatic nitrogens is 1. The molecule has 4 rings (SSSR count). The van der Waals surface area contributed by atoms with Crippen molar-refractivity contribution in [3.05, 3.63) is 94.2 Å². The summed E-state index contributed by atoms with van der Waals surface area (Å²) in [5, 5.41) is 9.73. The molecule has 1 N–H and O–H groups in total. The zero-order valence-electron chi connectivity index (χ0n) is 26.7. The molecule has 7 nitrogen and oxygen atoms in total. The predicted molar refractivity (Wildman–Crippen MR) is 176 cm³/mol. The highest BCUT2D eigenvalue weighted by Crippen LogP contribution is 2.27. The van der Waals surface area contributed by atoms with E-state index in [-0.39, 0.29) is 28.6 Å². The Balaban J connectivity index is 0.00000162. The van der Waals surface area contributed by atoms with Gasteiger partial charge in [0, 0.05) is 61.2 Å². The molecule has 10 heteroatoms. The summed E-state index contributed by atoms with van der Waals surface area (Å²) >= 11 is 5.80. The van der Waals surface area contributed by atoms with Crippen molar-refractivity contribution in [1.82, 2.24) is 9.88 Å². The lowest BCUT2D eigenvalue weighted by Crippen LogP contribution is -2.48. The number of benzene rings is 2. The van der Waals surface area contributed by atoms with Gasteiger partial charge in [0.15, 0.2) is 5.82 Å². The molecule has 1 aliphatic heterocycles. The Morgan fingerprint density at radius 1 is 1.02 bits per heavy atom. The van der Waals surface area contributed by atoms with E-state index < -0.39 is 17.6 Å². The van der Waals surface area contributed by atoms with Crippen LogP contribution in [0.2, 0.25) is 5.02 Å². The third-order valence-corrected chi connectivity index (χ3v) is 7.09. The molecular formula is C34H45ClF2N4O3. The number of aryl methyl sites for hydroxylation is 1. The van der Waals surface area contributed by atoms with Gasteiger partial charge in [-0.2, -0.15) is 4.98 Å². The molecule has 2 aromatic carbocycles. The van der Waals surface area contributed by atoms with E-state index in [2.05, 4.69) is 33.2 Å². The van der Waals surface area contributed by atoms with Crippen molar-refractivity contribution in [2.75, 3.05) is 49.1 Å². The van der Waals surface area contributed by atoms with Gasteiger partial charge in [-0.25, -0.2) is 13.6 Å². The predicted octanol–water partition coefficient (Wildman–Crippen LogP) is 8.20. The Kier molecular flexibility index (Phi) is 15.1. The van der Waals surface area contributed by atoms with E-state index in [0.29, 0.717) is 25.5 Å². The zero-order chi connectivity index (χ0) is 32.8. The summed E-state index contributed by atoms with van der Waals surface area (Å²) in [6.07, 6.45) is 0.884. The van der Waals surface area contributed by atoms with Crippen molar-refractivity contribution >= 4 is 29.1 Å². The summed E-state index contributed by atoms with van der Waals surface area (Å²) in [4.78, 5) is 22.3. The highest BCUT2D eigenvalue weighted by Gasteiger charge is 2.22. The van der Waals surface area contributed by atoms with Gasteiger partial charge in [-0.3, -0.25) is 4.90 Å². The van der Waals surface area contributed by atoms with Crippen LogP contribution in [0.1, 0.15) is 62.5 Å². The lowest BCUT2D eigenvalue weighted by Gasteiger charge is -2.38. The lowest BCUT2D eigenvalue weighted by molar-refractivity contribution is 0.0697. The largest absolute Gasteiger partial charge is 0.478 e. The number of halogens is 3. The lowest BCUT2D eigenvalue weighted by atomic mass is 10.1. The van der Waals surface area contributed by atoms with Crippen LogP contribution in [-0.2, 0) is 6.61 Å². The second-order valence-corrected chi connectivity index (χ2v) is 10.2. The quantitative estimate of drug-likeness (QED) is 0.229. The molecule has 0 saturated carbocycles. The molecule has 1 aromatic heterocycles. The number of pyridine rings is 1. The van der Waals surface area contributed by atoms with Gasteiger partial charge in [0.1, 0.15) is 18.2 Å². The number of carboxylic acids is 1. The van der Waals surface area contributed by atoms with Crippen LogP contribution in [0.4, 0.5) is 20.3 Å². The van der Waals surface area contributed by atoms with E-state index in [1.54, 1.807) is 24.3 Å². The van der Waals surface area contributed by atoms with Crippen LogP contribution < -0.4 is 14.5 Å². The fourth-order valence-corrected chi connectivity index (χ4v) is 4.82. The summed E-state index contributed by atoms with van der Waals surface area (Å²) in [7, 11) is 0. The summed E-state index contributed by atoms with van der Waals surface area (Å²) in [5.41, 5.74) is 3.24. The summed E-state index contributed by atoms with van der Waals surface area (Å²) in [5.74, 6) is -1.70. The van der Waals surface area contributed by atoms with Crippen LogP contribution in [0, 0.1) is 18.6 Å². The molecule has 240 valence electrons. The van der Waals surface area contributed by atoms with Crippen molar-refractivity contribution in [3.63, 3.8) is 0 Å². The third kappa shape index (κ3) is 9.92. The highest BCUT2D eigenvalue weighted by molar-refractivity contribution is 6.30. The number of carboxylic acid groups (broad SMARTS) is 1. The second kappa shape index (κ2) is 18.2. The minimum absolute atomic E-state index is 0.171. The molecule has 0 bridgehead atoms. The van der Waals surface area contributed by atoms with Crippen LogP contribution in [0.15, 0.2) is 60.8 Å². The number of aromatic carboxylic acids is 1. The second-order valence-electron chi connectivity index (χ2n) is 9.77. The van der Waals surface area contributed by atoms with Crippen LogP contribution in [-0.4, -0.2) is 60.2 Å². The van der Waals surface area contributed by atoms with Gasteiger partial charge in [0.05, 0.1) is 5.56 Å². The molecule has 44 heavy (non-hydrogen) atoms. The van der Waals surface area contributed by atoms with E-state index in [1.807, 2.05) is 40.7 Å². The van der Waals surface area contributed by atoms with Crippen molar-refractivity contribution in [2.45, 2.75) is 54.6 Å². The van der Waals surface area contributed by atoms with Gasteiger partial charge in [0.2, 0.25) is 0 Å². The first-order chi connectivity index (χ1) is 21.2. The number of anilines is 2. The maximum absolute atomic E-state index is 14.4. The van der Waals surface area contributed by atoms with Crippen molar-refractivity contribution < 1.29 is 23.4 Å². The molecule has 3 aromatic rings. The van der Waals surface area contributed by atoms with Gasteiger partial charge in [-0.15, -0.1) is 0 Å². The summed E-state index contributed by atoms with van der Waals surface area (Å²) in [6.45, 7) is 20.4. The summed E-state index contributed by atoms with van der Waals surface area (Å²) in [6, 6.07) is 12.3. The highest BCUT2D eigenvalue weighted by atomic mass is 35.5. The molecule has 1 aliphatic rings. The number of piperazine rings is 1. The smallest absolute Gasteiger partial charge is 0.335 e. The number of ether oxygens (including phenoxy) is 1. The number of nitrogens with zero attached hydrogens (tertiary/aromatic N) is 4. The van der Waals surface area contributed by atoms with E-state index in [0.717, 1.165) is 43.0 Å². The number of carbonyl (C=O) groups is 1. The molecule has 0 atom stereocenters. The molecule has 0 aliphatic carbocycles. The Morgan fingerprint density at radius 2 is 1.70 bits per heavy atom.